The first-order valence-electron chi connectivity index (χ1n) is 5.04. The van der Waals surface area contributed by atoms with Gasteiger partial charge in [-0.3, -0.25) is 10.1 Å². The summed E-state index contributed by atoms with van der Waals surface area (Å²) >= 11 is 1.19. The number of nitrogens with zero attached hydrogens (tertiary/aromatic N) is 1. The normalized spacial score (nSPS) is 9.71. The van der Waals surface area contributed by atoms with Crippen LogP contribution in [0.1, 0.15) is 6.92 Å². The highest BCUT2D eigenvalue weighted by Gasteiger charge is 2.08. The third kappa shape index (κ3) is 4.73. The molecule has 17 heavy (non-hydrogen) atoms. The summed E-state index contributed by atoms with van der Waals surface area (Å²) in [5, 5.41) is 5.24. The van der Waals surface area contributed by atoms with Gasteiger partial charge in [0.1, 0.15) is 5.03 Å². The molecule has 0 aliphatic rings. The van der Waals surface area contributed by atoms with E-state index in [1.54, 1.807) is 25.3 Å². The summed E-state index contributed by atoms with van der Waals surface area (Å²) in [4.78, 5) is 26.4. The van der Waals surface area contributed by atoms with Crippen LogP contribution >= 0.6 is 11.8 Å². The number of aromatic nitrogens is 1. The van der Waals surface area contributed by atoms with Crippen molar-refractivity contribution in [2.24, 2.45) is 0 Å². The third-order valence-corrected chi connectivity index (χ3v) is 2.75. The van der Waals surface area contributed by atoms with E-state index < -0.39 is 6.03 Å². The second kappa shape index (κ2) is 6.74. The minimum Gasteiger partial charge on any atom is -0.397 e. The van der Waals surface area contributed by atoms with Gasteiger partial charge in [0.2, 0.25) is 5.91 Å². The zero-order valence-electron chi connectivity index (χ0n) is 9.40. The second-order valence-corrected chi connectivity index (χ2v) is 4.06. The van der Waals surface area contributed by atoms with Gasteiger partial charge in [-0.25, -0.2) is 9.78 Å². The van der Waals surface area contributed by atoms with Crippen LogP contribution in [0.25, 0.3) is 0 Å². The number of amides is 3. The summed E-state index contributed by atoms with van der Waals surface area (Å²) in [6.45, 7) is 2.24. The SMILES string of the molecule is CCNC(=O)NC(=O)CSc1ncccc1N. The molecule has 0 saturated carbocycles. The fraction of sp³-hybridized carbons (Fsp3) is 0.300. The number of imide groups is 1. The van der Waals surface area contributed by atoms with Crippen molar-refractivity contribution < 1.29 is 9.59 Å². The van der Waals surface area contributed by atoms with Crippen molar-refractivity contribution in [2.75, 3.05) is 18.0 Å². The Morgan fingerprint density at radius 3 is 2.94 bits per heavy atom. The minimum absolute atomic E-state index is 0.0956. The first-order valence-corrected chi connectivity index (χ1v) is 6.03. The lowest BCUT2D eigenvalue weighted by atomic mass is 10.4. The van der Waals surface area contributed by atoms with Crippen molar-refractivity contribution in [1.29, 1.82) is 0 Å². The van der Waals surface area contributed by atoms with Crippen LogP contribution in [-0.2, 0) is 4.79 Å². The summed E-state index contributed by atoms with van der Waals surface area (Å²) in [6, 6.07) is 2.93. The van der Waals surface area contributed by atoms with Crippen LogP contribution < -0.4 is 16.4 Å². The van der Waals surface area contributed by atoms with E-state index >= 15 is 0 Å². The molecule has 1 rings (SSSR count). The van der Waals surface area contributed by atoms with Crippen LogP contribution in [0.3, 0.4) is 0 Å². The Balaban J connectivity index is 2.38. The fourth-order valence-corrected chi connectivity index (χ4v) is 1.74. The lowest BCUT2D eigenvalue weighted by molar-refractivity contribution is -0.117. The molecule has 3 amide bonds. The van der Waals surface area contributed by atoms with E-state index in [4.69, 9.17) is 5.73 Å². The number of hydrogen-bond acceptors (Lipinski definition) is 5. The van der Waals surface area contributed by atoms with E-state index in [0.717, 1.165) is 0 Å². The molecule has 92 valence electrons. The average molecular weight is 254 g/mol. The number of rotatable bonds is 4. The lowest BCUT2D eigenvalue weighted by Gasteiger charge is -2.05. The van der Waals surface area contributed by atoms with Crippen molar-refractivity contribution in [3.8, 4) is 0 Å². The van der Waals surface area contributed by atoms with Crippen molar-refractivity contribution in [1.82, 2.24) is 15.6 Å². The van der Waals surface area contributed by atoms with Gasteiger partial charge < -0.3 is 11.1 Å². The summed E-state index contributed by atoms with van der Waals surface area (Å²) in [6.07, 6.45) is 1.60. The molecule has 1 aromatic rings. The van der Waals surface area contributed by atoms with E-state index in [1.165, 1.54) is 11.8 Å². The highest BCUT2D eigenvalue weighted by Crippen LogP contribution is 2.20. The fourth-order valence-electron chi connectivity index (χ4n) is 1.03. The Kier molecular flexibility index (Phi) is 5.28. The Hall–Kier alpha value is -1.76. The van der Waals surface area contributed by atoms with E-state index in [-0.39, 0.29) is 11.7 Å². The number of hydrogen-bond donors (Lipinski definition) is 3. The molecule has 7 heteroatoms. The lowest BCUT2D eigenvalue weighted by Crippen LogP contribution is -2.40. The van der Waals surface area contributed by atoms with E-state index in [9.17, 15) is 9.59 Å². The highest BCUT2D eigenvalue weighted by atomic mass is 32.2. The summed E-state index contributed by atoms with van der Waals surface area (Å²) in [5.41, 5.74) is 6.18. The van der Waals surface area contributed by atoms with E-state index in [0.29, 0.717) is 17.3 Å². The van der Waals surface area contributed by atoms with Gasteiger partial charge in [0.15, 0.2) is 0 Å². The van der Waals surface area contributed by atoms with Crippen LogP contribution in [0.5, 0.6) is 0 Å². The Bertz CT molecular complexity index is 411. The molecule has 0 aliphatic carbocycles. The molecule has 0 atom stereocenters. The van der Waals surface area contributed by atoms with Crippen LogP contribution in [0.4, 0.5) is 10.5 Å². The molecule has 0 spiro atoms. The van der Waals surface area contributed by atoms with Crippen molar-refractivity contribution in [3.63, 3.8) is 0 Å². The smallest absolute Gasteiger partial charge is 0.321 e. The summed E-state index contributed by atoms with van der Waals surface area (Å²) in [7, 11) is 0. The van der Waals surface area contributed by atoms with E-state index in [2.05, 4.69) is 15.6 Å². The number of anilines is 1. The van der Waals surface area contributed by atoms with Crippen LogP contribution in [0.15, 0.2) is 23.4 Å². The first kappa shape index (κ1) is 13.3. The molecular weight excluding hydrogens is 240 g/mol. The minimum atomic E-state index is -0.493. The number of urea groups is 1. The number of nitrogens with one attached hydrogen (secondary N) is 2. The molecule has 0 unspecified atom stereocenters. The van der Waals surface area contributed by atoms with Gasteiger partial charge in [0, 0.05) is 12.7 Å². The molecule has 0 radical (unpaired) electrons. The van der Waals surface area contributed by atoms with Gasteiger partial charge in [0.05, 0.1) is 11.4 Å². The maximum Gasteiger partial charge on any atom is 0.321 e. The number of nitrogen functional groups attached to an aromatic ring is 1. The summed E-state index contributed by atoms with van der Waals surface area (Å²) in [5.74, 6) is -0.288. The molecule has 0 bridgehead atoms. The van der Waals surface area contributed by atoms with Gasteiger partial charge in [-0.2, -0.15) is 0 Å². The van der Waals surface area contributed by atoms with Gasteiger partial charge in [0.25, 0.3) is 0 Å². The quantitative estimate of drug-likeness (QED) is 0.684. The standard InChI is InChI=1S/C10H14N4O2S/c1-2-12-10(16)14-8(15)6-17-9-7(11)4-3-5-13-9/h3-5H,2,6,11H2,1H3,(H2,12,14,15,16). The van der Waals surface area contributed by atoms with Gasteiger partial charge in [-0.15, -0.1) is 0 Å². The average Bonchev–Trinajstić information content (AvgIpc) is 2.28. The monoisotopic (exact) mass is 254 g/mol. The van der Waals surface area contributed by atoms with Crippen LogP contribution in [0, 0.1) is 0 Å². The molecule has 0 aromatic carbocycles. The number of carbonyl (C=O) groups excluding carboxylic acids is 2. The Labute approximate surface area is 103 Å². The highest BCUT2D eigenvalue weighted by molar-refractivity contribution is 8.00. The van der Waals surface area contributed by atoms with Crippen molar-refractivity contribution in [3.05, 3.63) is 18.3 Å². The molecule has 0 saturated heterocycles. The zero-order valence-corrected chi connectivity index (χ0v) is 10.2. The van der Waals surface area contributed by atoms with Crippen molar-refractivity contribution in [2.45, 2.75) is 11.9 Å². The second-order valence-electron chi connectivity index (χ2n) is 3.09. The first-order chi connectivity index (χ1) is 8.13. The maximum atomic E-state index is 11.4. The molecule has 4 N–H and O–H groups in total. The topological polar surface area (TPSA) is 97.1 Å². The van der Waals surface area contributed by atoms with Crippen molar-refractivity contribution >= 4 is 29.4 Å². The number of nitrogens with two attached hydrogens (primary N) is 1. The van der Waals surface area contributed by atoms with Crippen LogP contribution in [0.2, 0.25) is 0 Å². The predicted octanol–water partition coefficient (Wildman–Crippen LogP) is 0.602. The molecule has 0 aliphatic heterocycles. The zero-order chi connectivity index (χ0) is 12.7. The van der Waals surface area contributed by atoms with E-state index in [1.807, 2.05) is 0 Å². The van der Waals surface area contributed by atoms with Gasteiger partial charge in [-0.1, -0.05) is 11.8 Å². The maximum absolute atomic E-state index is 11.4. The number of pyridine rings is 1. The largest absolute Gasteiger partial charge is 0.397 e. The van der Waals surface area contributed by atoms with Gasteiger partial charge >= 0.3 is 6.03 Å². The molecule has 1 aromatic heterocycles. The molecule has 0 fully saturated rings. The molecular formula is C10H14N4O2S. The third-order valence-electron chi connectivity index (χ3n) is 1.73. The molecule has 1 heterocycles. The van der Waals surface area contributed by atoms with Gasteiger partial charge in [-0.05, 0) is 19.1 Å². The number of carbonyl (C=O) groups is 2. The summed E-state index contributed by atoms with van der Waals surface area (Å²) < 4.78 is 0. The predicted molar refractivity (Wildman–Crippen MR) is 66.6 cm³/mol. The Morgan fingerprint density at radius 2 is 2.29 bits per heavy atom. The molecule has 6 nitrogen and oxygen atoms in total. The Morgan fingerprint density at radius 1 is 1.53 bits per heavy atom. The number of thioether (sulfide) groups is 1. The van der Waals surface area contributed by atoms with Crippen LogP contribution in [-0.4, -0.2) is 29.2 Å².